The van der Waals surface area contributed by atoms with Crippen LogP contribution in [0.15, 0.2) is 6.20 Å². The highest BCUT2D eigenvalue weighted by Gasteiger charge is 2.13. The van der Waals surface area contributed by atoms with Crippen LogP contribution in [0.4, 0.5) is 5.95 Å². The zero-order valence-corrected chi connectivity index (χ0v) is 7.40. The Balaban J connectivity index is 3.04. The van der Waals surface area contributed by atoms with E-state index in [0.29, 0.717) is 11.6 Å². The van der Waals surface area contributed by atoms with Crippen molar-refractivity contribution in [2.45, 2.75) is 0 Å². The van der Waals surface area contributed by atoms with E-state index in [1.165, 1.54) is 11.1 Å². The molecule has 0 aliphatic rings. The summed E-state index contributed by atoms with van der Waals surface area (Å²) in [6, 6.07) is 0. The lowest BCUT2D eigenvalue weighted by Gasteiger charge is -2.09. The van der Waals surface area contributed by atoms with E-state index in [1.54, 1.807) is 25.7 Å². The van der Waals surface area contributed by atoms with Gasteiger partial charge in [0.25, 0.3) is 5.91 Å². The number of hydrogen-bond donors (Lipinski definition) is 1. The number of carbonyl (C=O) groups excluding carboxylic acids is 1. The Morgan fingerprint density at radius 2 is 2.25 bits per heavy atom. The summed E-state index contributed by atoms with van der Waals surface area (Å²) in [7, 11) is 5.08. The number of rotatable bonds is 1. The molecule has 0 atom stereocenters. The van der Waals surface area contributed by atoms with E-state index in [1.807, 2.05) is 0 Å². The van der Waals surface area contributed by atoms with Gasteiger partial charge in [0.2, 0.25) is 0 Å². The van der Waals surface area contributed by atoms with Crippen LogP contribution >= 0.6 is 0 Å². The van der Waals surface area contributed by atoms with Crippen LogP contribution in [0.2, 0.25) is 0 Å². The molecule has 2 N–H and O–H groups in total. The van der Waals surface area contributed by atoms with Crippen molar-refractivity contribution in [3.63, 3.8) is 0 Å². The van der Waals surface area contributed by atoms with Gasteiger partial charge in [-0.25, -0.2) is 4.98 Å². The van der Waals surface area contributed by atoms with Crippen LogP contribution < -0.4 is 5.73 Å². The molecule has 0 aliphatic carbocycles. The number of nitrogens with zero attached hydrogens (tertiary/aromatic N) is 3. The maximum absolute atomic E-state index is 11.4. The molecule has 1 amide bonds. The third-order valence-electron chi connectivity index (χ3n) is 1.65. The van der Waals surface area contributed by atoms with Gasteiger partial charge < -0.3 is 15.2 Å². The summed E-state index contributed by atoms with van der Waals surface area (Å²) in [5, 5.41) is 0. The van der Waals surface area contributed by atoms with E-state index in [9.17, 15) is 4.79 Å². The Morgan fingerprint density at radius 1 is 1.67 bits per heavy atom. The smallest absolute Gasteiger partial charge is 0.271 e. The van der Waals surface area contributed by atoms with Crippen molar-refractivity contribution in [2.75, 3.05) is 19.8 Å². The Hall–Kier alpha value is -1.52. The second-order valence-electron chi connectivity index (χ2n) is 2.76. The fraction of sp³-hybridized carbons (Fsp3) is 0.429. The number of hydrogen-bond acceptors (Lipinski definition) is 3. The molecular formula is C7H12N4O. The molecule has 5 nitrogen and oxygen atoms in total. The predicted molar refractivity (Wildman–Crippen MR) is 45.6 cm³/mol. The highest BCUT2D eigenvalue weighted by molar-refractivity contribution is 5.92. The van der Waals surface area contributed by atoms with Gasteiger partial charge in [-0.3, -0.25) is 4.79 Å². The number of carbonyl (C=O) groups is 1. The van der Waals surface area contributed by atoms with Crippen molar-refractivity contribution in [3.05, 3.63) is 11.9 Å². The Kier molecular flexibility index (Phi) is 2.03. The lowest BCUT2D eigenvalue weighted by atomic mass is 10.4. The highest BCUT2D eigenvalue weighted by atomic mass is 16.2. The summed E-state index contributed by atoms with van der Waals surface area (Å²) in [4.78, 5) is 16.7. The Bertz CT molecular complexity index is 302. The molecule has 1 rings (SSSR count). The van der Waals surface area contributed by atoms with Crippen LogP contribution in [-0.2, 0) is 7.05 Å². The zero-order valence-electron chi connectivity index (χ0n) is 7.40. The van der Waals surface area contributed by atoms with Gasteiger partial charge in [0, 0.05) is 21.1 Å². The molecular weight excluding hydrogens is 156 g/mol. The van der Waals surface area contributed by atoms with Crippen LogP contribution in [0.5, 0.6) is 0 Å². The summed E-state index contributed by atoms with van der Waals surface area (Å²) < 4.78 is 1.56. The fourth-order valence-electron chi connectivity index (χ4n) is 0.852. The van der Waals surface area contributed by atoms with Crippen molar-refractivity contribution in [3.8, 4) is 0 Å². The van der Waals surface area contributed by atoms with Crippen LogP contribution in [0, 0.1) is 0 Å². The molecule has 0 bridgehead atoms. The molecule has 0 saturated carbocycles. The first kappa shape index (κ1) is 8.58. The summed E-state index contributed by atoms with van der Waals surface area (Å²) in [5.41, 5.74) is 5.96. The predicted octanol–water partition coefficient (Wildman–Crippen LogP) is -0.296. The van der Waals surface area contributed by atoms with E-state index in [2.05, 4.69) is 4.98 Å². The fourth-order valence-corrected chi connectivity index (χ4v) is 0.852. The van der Waals surface area contributed by atoms with Gasteiger partial charge in [0.1, 0.15) is 5.69 Å². The highest BCUT2D eigenvalue weighted by Crippen LogP contribution is 2.05. The molecule has 0 aliphatic heterocycles. The van der Waals surface area contributed by atoms with Gasteiger partial charge in [-0.2, -0.15) is 0 Å². The van der Waals surface area contributed by atoms with Crippen molar-refractivity contribution >= 4 is 11.9 Å². The first-order chi connectivity index (χ1) is 5.54. The molecule has 0 unspecified atom stereocenters. The van der Waals surface area contributed by atoms with Gasteiger partial charge in [-0.15, -0.1) is 0 Å². The third kappa shape index (κ3) is 1.25. The normalized spacial score (nSPS) is 9.92. The molecule has 12 heavy (non-hydrogen) atoms. The molecule has 1 aromatic heterocycles. The number of amides is 1. The SMILES string of the molecule is CN(C)C(=O)c1cnc(N)n1C. The standard InChI is InChI=1S/C7H12N4O/c1-10(2)6(12)5-4-9-7(8)11(5)3/h4H,1-3H3,(H2,8,9). The van der Waals surface area contributed by atoms with Gasteiger partial charge in [0.05, 0.1) is 6.20 Å². The first-order valence-electron chi connectivity index (χ1n) is 3.53. The number of imidazole rings is 1. The van der Waals surface area contributed by atoms with Crippen molar-refractivity contribution in [1.29, 1.82) is 0 Å². The molecule has 0 radical (unpaired) electrons. The van der Waals surface area contributed by atoms with Gasteiger partial charge in [-0.05, 0) is 0 Å². The topological polar surface area (TPSA) is 64.2 Å². The van der Waals surface area contributed by atoms with E-state index >= 15 is 0 Å². The summed E-state index contributed by atoms with van der Waals surface area (Å²) in [6.07, 6.45) is 1.47. The largest absolute Gasteiger partial charge is 0.369 e. The van der Waals surface area contributed by atoms with E-state index in [0.717, 1.165) is 0 Å². The lowest BCUT2D eigenvalue weighted by molar-refractivity contribution is 0.0818. The van der Waals surface area contributed by atoms with Crippen LogP contribution in [0.1, 0.15) is 10.5 Å². The van der Waals surface area contributed by atoms with Gasteiger partial charge >= 0.3 is 0 Å². The van der Waals surface area contributed by atoms with Crippen molar-refractivity contribution < 1.29 is 4.79 Å². The number of anilines is 1. The lowest BCUT2D eigenvalue weighted by Crippen LogP contribution is -2.24. The maximum atomic E-state index is 11.4. The van der Waals surface area contributed by atoms with Gasteiger partial charge in [0.15, 0.2) is 5.95 Å². The average molecular weight is 168 g/mol. The minimum Gasteiger partial charge on any atom is -0.369 e. The summed E-state index contributed by atoms with van der Waals surface area (Å²) >= 11 is 0. The van der Waals surface area contributed by atoms with E-state index in [4.69, 9.17) is 5.73 Å². The van der Waals surface area contributed by atoms with E-state index in [-0.39, 0.29) is 5.91 Å². The minimum absolute atomic E-state index is 0.0956. The minimum atomic E-state index is -0.0956. The molecule has 0 spiro atoms. The van der Waals surface area contributed by atoms with Crippen molar-refractivity contribution in [1.82, 2.24) is 14.5 Å². The van der Waals surface area contributed by atoms with Gasteiger partial charge in [-0.1, -0.05) is 0 Å². The Morgan fingerprint density at radius 3 is 2.58 bits per heavy atom. The third-order valence-corrected chi connectivity index (χ3v) is 1.65. The number of aromatic nitrogens is 2. The second-order valence-corrected chi connectivity index (χ2v) is 2.76. The monoisotopic (exact) mass is 168 g/mol. The number of nitrogen functional groups attached to an aromatic ring is 1. The quantitative estimate of drug-likeness (QED) is 0.626. The van der Waals surface area contributed by atoms with Crippen LogP contribution in [0.25, 0.3) is 0 Å². The maximum Gasteiger partial charge on any atom is 0.271 e. The molecule has 66 valence electrons. The molecule has 1 heterocycles. The zero-order chi connectivity index (χ0) is 9.30. The van der Waals surface area contributed by atoms with E-state index < -0.39 is 0 Å². The van der Waals surface area contributed by atoms with Crippen molar-refractivity contribution in [2.24, 2.45) is 7.05 Å². The number of nitrogens with two attached hydrogens (primary N) is 1. The molecule has 0 saturated heterocycles. The van der Waals surface area contributed by atoms with Crippen LogP contribution in [-0.4, -0.2) is 34.5 Å². The van der Waals surface area contributed by atoms with Crippen LogP contribution in [0.3, 0.4) is 0 Å². The Labute approximate surface area is 70.8 Å². The average Bonchev–Trinajstić information content (AvgIpc) is 2.32. The summed E-state index contributed by atoms with van der Waals surface area (Å²) in [5.74, 6) is 0.252. The second kappa shape index (κ2) is 2.84. The molecule has 5 heteroatoms. The molecule has 0 fully saturated rings. The summed E-state index contributed by atoms with van der Waals surface area (Å²) in [6.45, 7) is 0. The first-order valence-corrected chi connectivity index (χ1v) is 3.53. The molecule has 1 aromatic rings. The molecule has 0 aromatic carbocycles.